The Hall–Kier alpha value is -1.98. The first-order valence-electron chi connectivity index (χ1n) is 6.34. The lowest BCUT2D eigenvalue weighted by Gasteiger charge is -2.08. The fourth-order valence-electron chi connectivity index (χ4n) is 1.39. The lowest BCUT2D eigenvalue weighted by Crippen LogP contribution is -2.24. The Morgan fingerprint density at radius 3 is 2.55 bits per heavy atom. The van der Waals surface area contributed by atoms with Gasteiger partial charge in [0.15, 0.2) is 5.82 Å². The number of nitrogens with zero attached hydrogens (tertiary/aromatic N) is 4. The van der Waals surface area contributed by atoms with Gasteiger partial charge in [0.25, 0.3) is 0 Å². The summed E-state index contributed by atoms with van der Waals surface area (Å²) in [5.74, 6) is 0.754. The highest BCUT2D eigenvalue weighted by atomic mass is 16.1. The minimum atomic E-state index is -0.347. The van der Waals surface area contributed by atoms with E-state index in [0.717, 1.165) is 4.48 Å². The monoisotopic (exact) mass is 270 g/mol. The van der Waals surface area contributed by atoms with Crippen molar-refractivity contribution < 1.29 is 0 Å². The maximum absolute atomic E-state index is 12.1. The molecule has 2 radical (unpaired) electrons. The van der Waals surface area contributed by atoms with E-state index in [1.807, 2.05) is 20.8 Å². The Morgan fingerprint density at radius 2 is 2.00 bits per heavy atom. The van der Waals surface area contributed by atoms with Crippen molar-refractivity contribution in [3.8, 4) is 0 Å². The number of rotatable bonds is 3. The highest BCUT2D eigenvalue weighted by Crippen LogP contribution is 2.14. The van der Waals surface area contributed by atoms with Crippen molar-refractivity contribution >= 4 is 32.3 Å². The summed E-state index contributed by atoms with van der Waals surface area (Å²) in [6.07, 6.45) is 6.50. The second-order valence-corrected chi connectivity index (χ2v) is 5.42. The first-order valence-corrected chi connectivity index (χ1v) is 6.34. The zero-order chi connectivity index (χ0) is 15.3. The summed E-state index contributed by atoms with van der Waals surface area (Å²) in [4.78, 5) is 24.5. The zero-order valence-corrected chi connectivity index (χ0v) is 12.6. The van der Waals surface area contributed by atoms with Crippen LogP contribution in [0.2, 0.25) is 0 Å². The molecule has 0 spiro atoms. The predicted octanol–water partition coefficient (Wildman–Crippen LogP) is 2.29. The number of aliphatic imine (C=N–C) groups is 2. The van der Waals surface area contributed by atoms with Crippen molar-refractivity contribution in [2.45, 2.75) is 34.6 Å². The van der Waals surface area contributed by atoms with E-state index >= 15 is 0 Å². The van der Waals surface area contributed by atoms with Crippen LogP contribution in [0.3, 0.4) is 0 Å². The van der Waals surface area contributed by atoms with Crippen molar-refractivity contribution in [1.29, 1.82) is 0 Å². The lowest BCUT2D eigenvalue weighted by atomic mass is 9.99. The van der Waals surface area contributed by atoms with Crippen LogP contribution in [0.25, 0.3) is 6.08 Å². The number of aromatic nitrogens is 2. The molecule has 0 aliphatic heterocycles. The van der Waals surface area contributed by atoms with E-state index in [2.05, 4.69) is 15.0 Å². The quantitative estimate of drug-likeness (QED) is 0.625. The van der Waals surface area contributed by atoms with E-state index in [-0.39, 0.29) is 11.0 Å². The van der Waals surface area contributed by atoms with E-state index in [1.54, 1.807) is 38.6 Å². The van der Waals surface area contributed by atoms with Crippen LogP contribution in [0.1, 0.15) is 39.1 Å². The van der Waals surface area contributed by atoms with Gasteiger partial charge < -0.3 is 4.48 Å². The Labute approximate surface area is 120 Å². The lowest BCUT2D eigenvalue weighted by molar-refractivity contribution is 0.607. The second kappa shape index (κ2) is 6.46. The topological polar surface area (TPSA) is 59.6 Å². The van der Waals surface area contributed by atoms with Crippen molar-refractivity contribution in [1.82, 2.24) is 9.46 Å². The Kier molecular flexibility index (Phi) is 5.19. The van der Waals surface area contributed by atoms with Gasteiger partial charge in [0.05, 0.1) is 11.4 Å². The summed E-state index contributed by atoms with van der Waals surface area (Å²) in [5, 5.41) is 0. The molecule has 1 aromatic heterocycles. The third kappa shape index (κ3) is 4.29. The third-order valence-electron chi connectivity index (χ3n) is 2.35. The minimum absolute atomic E-state index is 0.0195. The molecule has 0 saturated carbocycles. The largest absolute Gasteiger partial charge is 0.354 e. The van der Waals surface area contributed by atoms with Crippen molar-refractivity contribution in [3.05, 3.63) is 27.9 Å². The first-order chi connectivity index (χ1) is 9.26. The van der Waals surface area contributed by atoms with Gasteiger partial charge in [0.1, 0.15) is 0 Å². The molecule has 0 atom stereocenters. The molecule has 5 nitrogen and oxygen atoms in total. The first kappa shape index (κ1) is 16.1. The molecule has 1 heterocycles. The molecule has 1 aromatic rings. The molecule has 104 valence electrons. The van der Waals surface area contributed by atoms with Crippen LogP contribution in [0.4, 0.5) is 5.82 Å². The molecule has 0 aliphatic carbocycles. The standard InChI is InChI=1S/C14H19BN4O/c1-6-17-12-11(7-8-16-9-14(3,4)5)13(20)19(15)10(2)18-12/h6-9H,1-5H3/b8-7-,16-9?,17-6-. The molecule has 6 heteroatoms. The summed E-state index contributed by atoms with van der Waals surface area (Å²) in [6, 6.07) is 0. The average molecular weight is 270 g/mol. The molecule has 20 heavy (non-hydrogen) atoms. The predicted molar refractivity (Wildman–Crippen MR) is 85.2 cm³/mol. The number of hydrogen-bond acceptors (Lipinski definition) is 4. The van der Waals surface area contributed by atoms with Gasteiger partial charge in [-0.15, -0.1) is 0 Å². The summed E-state index contributed by atoms with van der Waals surface area (Å²) < 4.78 is 1.00. The molecule has 0 unspecified atom stereocenters. The smallest absolute Gasteiger partial charge is 0.249 e. The molecule has 0 saturated heterocycles. The Morgan fingerprint density at radius 1 is 1.35 bits per heavy atom. The molecule has 0 bridgehead atoms. The van der Waals surface area contributed by atoms with Crippen LogP contribution in [0.5, 0.6) is 0 Å². The van der Waals surface area contributed by atoms with Gasteiger partial charge in [0.2, 0.25) is 13.5 Å². The van der Waals surface area contributed by atoms with Crippen molar-refractivity contribution in [2.24, 2.45) is 15.4 Å². The van der Waals surface area contributed by atoms with E-state index in [0.29, 0.717) is 17.2 Å². The minimum Gasteiger partial charge on any atom is -0.354 e. The summed E-state index contributed by atoms with van der Waals surface area (Å²) >= 11 is 0. The Balaban J connectivity index is 3.24. The van der Waals surface area contributed by atoms with Gasteiger partial charge in [0, 0.05) is 18.6 Å². The molecule has 1 rings (SSSR count). The van der Waals surface area contributed by atoms with Crippen LogP contribution in [-0.2, 0) is 0 Å². The summed E-state index contributed by atoms with van der Waals surface area (Å²) in [7, 11) is 5.64. The zero-order valence-electron chi connectivity index (χ0n) is 12.6. The fraction of sp³-hybridized carbons (Fsp3) is 0.429. The number of aryl methyl sites for hydroxylation is 1. The van der Waals surface area contributed by atoms with E-state index < -0.39 is 0 Å². The molecule has 0 amide bonds. The van der Waals surface area contributed by atoms with E-state index in [4.69, 9.17) is 7.98 Å². The van der Waals surface area contributed by atoms with Crippen LogP contribution in [-0.4, -0.2) is 29.9 Å². The van der Waals surface area contributed by atoms with Crippen molar-refractivity contribution in [2.75, 3.05) is 0 Å². The summed E-state index contributed by atoms with van der Waals surface area (Å²) in [5.41, 5.74) is -0.0449. The average Bonchev–Trinajstić information content (AvgIpc) is 2.34. The second-order valence-electron chi connectivity index (χ2n) is 5.42. The number of hydrogen-bond donors (Lipinski definition) is 0. The van der Waals surface area contributed by atoms with Gasteiger partial charge in [-0.05, 0) is 25.3 Å². The summed E-state index contributed by atoms with van der Waals surface area (Å²) in [6.45, 7) is 9.53. The molecule has 0 N–H and O–H groups in total. The third-order valence-corrected chi connectivity index (χ3v) is 2.35. The van der Waals surface area contributed by atoms with Crippen LogP contribution in [0, 0.1) is 12.3 Å². The fourth-order valence-corrected chi connectivity index (χ4v) is 1.39. The molecular formula is C14H19BN4O. The molecule has 0 aliphatic rings. The van der Waals surface area contributed by atoms with E-state index in [1.165, 1.54) is 0 Å². The normalized spacial score (nSPS) is 13.1. The highest BCUT2D eigenvalue weighted by molar-refractivity contribution is 6.06. The highest BCUT2D eigenvalue weighted by Gasteiger charge is 2.09. The maximum atomic E-state index is 12.1. The van der Waals surface area contributed by atoms with Gasteiger partial charge in [-0.3, -0.25) is 9.79 Å². The van der Waals surface area contributed by atoms with E-state index in [9.17, 15) is 4.79 Å². The van der Waals surface area contributed by atoms with Crippen molar-refractivity contribution in [3.63, 3.8) is 0 Å². The van der Waals surface area contributed by atoms with Crippen LogP contribution in [0.15, 0.2) is 21.0 Å². The molecule has 0 aromatic carbocycles. The molecular weight excluding hydrogens is 251 g/mol. The SMILES string of the molecule is [B]n1c(C)nc(/N=C\C)c(/C=C\N=CC(C)(C)C)c1=O. The van der Waals surface area contributed by atoms with Gasteiger partial charge in [-0.1, -0.05) is 20.8 Å². The van der Waals surface area contributed by atoms with Gasteiger partial charge >= 0.3 is 0 Å². The van der Waals surface area contributed by atoms with Crippen LogP contribution >= 0.6 is 0 Å². The maximum Gasteiger partial charge on any atom is 0.249 e. The van der Waals surface area contributed by atoms with Crippen LogP contribution < -0.4 is 5.56 Å². The van der Waals surface area contributed by atoms with Gasteiger partial charge in [-0.2, -0.15) is 0 Å². The molecule has 0 fully saturated rings. The van der Waals surface area contributed by atoms with Gasteiger partial charge in [-0.25, -0.2) is 9.98 Å². The Bertz CT molecular complexity index is 621.